The van der Waals surface area contributed by atoms with Crippen LogP contribution in [0.3, 0.4) is 0 Å². The molecular weight excluding hydrogens is 262 g/mol. The molecule has 0 saturated carbocycles. The molecule has 0 heterocycles. The Bertz CT molecular complexity index is 356. The predicted molar refractivity (Wildman–Crippen MR) is 74.8 cm³/mol. The molecule has 0 aliphatic heterocycles. The van der Waals surface area contributed by atoms with E-state index in [-0.39, 0.29) is 11.8 Å². The van der Waals surface area contributed by atoms with Crippen LogP contribution in [0.2, 0.25) is 0 Å². The van der Waals surface area contributed by atoms with Gasteiger partial charge < -0.3 is 21.5 Å². The van der Waals surface area contributed by atoms with Gasteiger partial charge in [0.2, 0.25) is 11.8 Å². The highest BCUT2D eigenvalue weighted by Gasteiger charge is 2.25. The summed E-state index contributed by atoms with van der Waals surface area (Å²) in [4.78, 5) is 34.2. The number of carboxylic acid groups (broad SMARTS) is 1. The van der Waals surface area contributed by atoms with Crippen LogP contribution in [-0.2, 0) is 14.4 Å². The maximum absolute atomic E-state index is 11.9. The maximum Gasteiger partial charge on any atom is 0.322 e. The van der Waals surface area contributed by atoms with Crippen molar-refractivity contribution >= 4 is 17.8 Å². The number of carbonyl (C=O) groups excluding carboxylic acids is 2. The van der Waals surface area contributed by atoms with Crippen molar-refractivity contribution in [3.8, 4) is 0 Å². The first-order chi connectivity index (χ1) is 9.15. The predicted octanol–water partition coefficient (Wildman–Crippen LogP) is -0.299. The van der Waals surface area contributed by atoms with E-state index in [9.17, 15) is 14.4 Å². The molecule has 2 amide bonds. The molecule has 116 valence electrons. The van der Waals surface area contributed by atoms with Crippen LogP contribution in [0.5, 0.6) is 0 Å². The number of hydrogen-bond donors (Lipinski definition) is 4. The van der Waals surface area contributed by atoms with E-state index in [1.54, 1.807) is 0 Å². The van der Waals surface area contributed by atoms with Crippen LogP contribution < -0.4 is 16.4 Å². The molecule has 5 N–H and O–H groups in total. The summed E-state index contributed by atoms with van der Waals surface area (Å²) in [5.74, 6) is -1.92. The minimum atomic E-state index is -1.13. The summed E-state index contributed by atoms with van der Waals surface area (Å²) in [5.41, 5.74) is 5.72. The molecule has 0 aromatic rings. The molecule has 7 nitrogen and oxygen atoms in total. The van der Waals surface area contributed by atoms with Crippen LogP contribution in [0.15, 0.2) is 0 Å². The molecule has 20 heavy (non-hydrogen) atoms. The smallest absolute Gasteiger partial charge is 0.322 e. The number of carboxylic acids is 1. The summed E-state index contributed by atoms with van der Waals surface area (Å²) in [6.07, 6.45) is 0.419. The van der Waals surface area contributed by atoms with Gasteiger partial charge in [0.05, 0.1) is 6.04 Å². The lowest BCUT2D eigenvalue weighted by atomic mass is 10.0. The lowest BCUT2D eigenvalue weighted by Crippen LogP contribution is -2.53. The van der Waals surface area contributed by atoms with Crippen molar-refractivity contribution in [1.82, 2.24) is 10.6 Å². The summed E-state index contributed by atoms with van der Waals surface area (Å²) in [6, 6.07) is -1.47. The summed E-state index contributed by atoms with van der Waals surface area (Å²) in [6.45, 7) is 6.97. The monoisotopic (exact) mass is 287 g/mol. The molecule has 2 atom stereocenters. The van der Waals surface area contributed by atoms with Gasteiger partial charge in [0.25, 0.3) is 0 Å². The van der Waals surface area contributed by atoms with E-state index in [4.69, 9.17) is 10.8 Å². The van der Waals surface area contributed by atoms with E-state index in [0.29, 0.717) is 6.42 Å². The molecule has 0 fully saturated rings. The van der Waals surface area contributed by atoms with Crippen LogP contribution in [0, 0.1) is 11.8 Å². The largest absolute Gasteiger partial charge is 0.480 e. The highest BCUT2D eigenvalue weighted by atomic mass is 16.4. The molecule has 0 aromatic carbocycles. The fourth-order valence-electron chi connectivity index (χ4n) is 1.56. The SMILES string of the molecule is CC(C)CC(NC(=O)C(N)C(C)C)C(=O)NCC(=O)O. The van der Waals surface area contributed by atoms with Gasteiger partial charge in [-0.2, -0.15) is 0 Å². The van der Waals surface area contributed by atoms with Gasteiger partial charge in [-0.15, -0.1) is 0 Å². The molecule has 0 aromatic heterocycles. The molecule has 2 unspecified atom stereocenters. The quantitative estimate of drug-likeness (QED) is 0.488. The average molecular weight is 287 g/mol. The minimum absolute atomic E-state index is 0.0446. The topological polar surface area (TPSA) is 122 Å². The number of aliphatic carboxylic acids is 1. The van der Waals surface area contributed by atoms with Gasteiger partial charge in [-0.1, -0.05) is 27.7 Å². The van der Waals surface area contributed by atoms with E-state index < -0.39 is 36.4 Å². The molecule has 0 aliphatic carbocycles. The van der Waals surface area contributed by atoms with Crippen molar-refractivity contribution in [2.24, 2.45) is 17.6 Å². The summed E-state index contributed by atoms with van der Waals surface area (Å²) in [7, 11) is 0. The summed E-state index contributed by atoms with van der Waals surface area (Å²) in [5, 5.41) is 13.4. The van der Waals surface area contributed by atoms with Crippen molar-refractivity contribution in [3.63, 3.8) is 0 Å². The number of rotatable bonds is 8. The number of hydrogen-bond acceptors (Lipinski definition) is 4. The summed E-state index contributed by atoms with van der Waals surface area (Å²) < 4.78 is 0. The van der Waals surface area contributed by atoms with Crippen molar-refractivity contribution in [2.75, 3.05) is 6.54 Å². The molecule has 0 aliphatic rings. The van der Waals surface area contributed by atoms with E-state index in [0.717, 1.165) is 0 Å². The fourth-order valence-corrected chi connectivity index (χ4v) is 1.56. The lowest BCUT2D eigenvalue weighted by molar-refractivity contribution is -0.138. The van der Waals surface area contributed by atoms with Crippen LogP contribution in [0.25, 0.3) is 0 Å². The van der Waals surface area contributed by atoms with Gasteiger partial charge in [0.15, 0.2) is 0 Å². The molecule has 0 spiro atoms. The second kappa shape index (κ2) is 8.52. The Kier molecular flexibility index (Phi) is 7.83. The van der Waals surface area contributed by atoms with E-state index in [1.807, 2.05) is 27.7 Å². The standard InChI is InChI=1S/C13H25N3O4/c1-7(2)5-9(12(19)15-6-10(17)18)16-13(20)11(14)8(3)4/h7-9,11H,5-6,14H2,1-4H3,(H,15,19)(H,16,20)(H,17,18). The van der Waals surface area contributed by atoms with Gasteiger partial charge in [-0.25, -0.2) is 0 Å². The van der Waals surface area contributed by atoms with Crippen LogP contribution in [-0.4, -0.2) is 41.5 Å². The van der Waals surface area contributed by atoms with Crippen LogP contribution in [0.1, 0.15) is 34.1 Å². The molecule has 0 bridgehead atoms. The maximum atomic E-state index is 11.9. The van der Waals surface area contributed by atoms with E-state index >= 15 is 0 Å². The Labute approximate surface area is 119 Å². The van der Waals surface area contributed by atoms with Gasteiger partial charge in [0.1, 0.15) is 12.6 Å². The molecule has 0 radical (unpaired) electrons. The van der Waals surface area contributed by atoms with Crippen LogP contribution >= 0.6 is 0 Å². The molecule has 7 heteroatoms. The third-order valence-corrected chi connectivity index (χ3v) is 2.77. The van der Waals surface area contributed by atoms with E-state index in [2.05, 4.69) is 10.6 Å². The fraction of sp³-hybridized carbons (Fsp3) is 0.769. The number of nitrogens with two attached hydrogens (primary N) is 1. The average Bonchev–Trinajstić information content (AvgIpc) is 2.33. The zero-order chi connectivity index (χ0) is 15.9. The summed E-state index contributed by atoms with van der Waals surface area (Å²) >= 11 is 0. The van der Waals surface area contributed by atoms with Gasteiger partial charge in [0, 0.05) is 0 Å². The Balaban J connectivity index is 4.67. The lowest BCUT2D eigenvalue weighted by Gasteiger charge is -2.23. The van der Waals surface area contributed by atoms with Crippen molar-refractivity contribution in [2.45, 2.75) is 46.2 Å². The first-order valence-corrected chi connectivity index (χ1v) is 6.70. The highest BCUT2D eigenvalue weighted by Crippen LogP contribution is 2.06. The Morgan fingerprint density at radius 1 is 1.10 bits per heavy atom. The van der Waals surface area contributed by atoms with Gasteiger partial charge >= 0.3 is 5.97 Å². The number of nitrogens with one attached hydrogen (secondary N) is 2. The molecule has 0 rings (SSSR count). The van der Waals surface area contributed by atoms with Crippen molar-refractivity contribution < 1.29 is 19.5 Å². The van der Waals surface area contributed by atoms with Crippen LogP contribution in [0.4, 0.5) is 0 Å². The number of carbonyl (C=O) groups is 3. The third kappa shape index (κ3) is 7.08. The normalized spacial score (nSPS) is 13.9. The van der Waals surface area contributed by atoms with Crippen molar-refractivity contribution in [3.05, 3.63) is 0 Å². The van der Waals surface area contributed by atoms with Crippen molar-refractivity contribution in [1.29, 1.82) is 0 Å². The molecular formula is C13H25N3O4. The zero-order valence-corrected chi connectivity index (χ0v) is 12.5. The minimum Gasteiger partial charge on any atom is -0.480 e. The molecule has 0 saturated heterocycles. The first kappa shape index (κ1) is 18.4. The Morgan fingerprint density at radius 2 is 1.65 bits per heavy atom. The highest BCUT2D eigenvalue weighted by molar-refractivity contribution is 5.91. The third-order valence-electron chi connectivity index (χ3n) is 2.77. The Morgan fingerprint density at radius 3 is 2.05 bits per heavy atom. The number of amides is 2. The second-order valence-electron chi connectivity index (χ2n) is 5.57. The Hall–Kier alpha value is -1.63. The zero-order valence-electron chi connectivity index (χ0n) is 12.5. The first-order valence-electron chi connectivity index (χ1n) is 6.70. The van der Waals surface area contributed by atoms with Gasteiger partial charge in [-0.3, -0.25) is 14.4 Å². The van der Waals surface area contributed by atoms with E-state index in [1.165, 1.54) is 0 Å². The second-order valence-corrected chi connectivity index (χ2v) is 5.57. The van der Waals surface area contributed by atoms with Gasteiger partial charge in [-0.05, 0) is 18.3 Å².